The van der Waals surface area contributed by atoms with Gasteiger partial charge in [-0.2, -0.15) is 5.26 Å². The number of aryl methyl sites for hydroxylation is 1. The van der Waals surface area contributed by atoms with Crippen molar-refractivity contribution in [2.45, 2.75) is 13.5 Å². The van der Waals surface area contributed by atoms with E-state index in [4.69, 9.17) is 4.74 Å². The zero-order valence-electron chi connectivity index (χ0n) is 14.1. The van der Waals surface area contributed by atoms with Gasteiger partial charge in [-0.15, -0.1) is 0 Å². The normalized spacial score (nSPS) is 11.0. The average Bonchev–Trinajstić information content (AvgIpc) is 2.67. The highest BCUT2D eigenvalue weighted by Gasteiger charge is 2.01. The fourth-order valence-corrected chi connectivity index (χ4v) is 2.48. The number of ether oxygens (including phenoxy) is 1. The first-order valence-electron chi connectivity index (χ1n) is 8.20. The third kappa shape index (κ3) is 4.59. The van der Waals surface area contributed by atoms with Crippen molar-refractivity contribution >= 4 is 11.6 Å². The zero-order chi connectivity index (χ0) is 17.5. The van der Waals surface area contributed by atoms with Gasteiger partial charge in [-0.05, 0) is 41.8 Å². The predicted molar refractivity (Wildman–Crippen MR) is 102 cm³/mol. The predicted octanol–water partition coefficient (Wildman–Crippen LogP) is 5.64. The molecule has 25 heavy (non-hydrogen) atoms. The lowest BCUT2D eigenvalue weighted by Gasteiger charge is -2.07. The van der Waals surface area contributed by atoms with Gasteiger partial charge in [0.2, 0.25) is 0 Å². The lowest BCUT2D eigenvalue weighted by atomic mass is 10.0. The number of nitriles is 1. The van der Waals surface area contributed by atoms with E-state index in [1.165, 1.54) is 5.56 Å². The zero-order valence-corrected chi connectivity index (χ0v) is 14.1. The van der Waals surface area contributed by atoms with Crippen LogP contribution in [0.15, 0.2) is 78.9 Å². The molecule has 0 unspecified atom stereocenters. The van der Waals surface area contributed by atoms with Crippen LogP contribution in [0.1, 0.15) is 22.3 Å². The Bertz CT molecular complexity index is 886. The van der Waals surface area contributed by atoms with Crippen LogP contribution in [0.5, 0.6) is 5.75 Å². The van der Waals surface area contributed by atoms with E-state index < -0.39 is 0 Å². The van der Waals surface area contributed by atoms with Crippen LogP contribution in [-0.4, -0.2) is 0 Å². The van der Waals surface area contributed by atoms with E-state index in [-0.39, 0.29) is 0 Å². The van der Waals surface area contributed by atoms with Crippen molar-refractivity contribution in [3.05, 3.63) is 101 Å². The molecule has 0 radical (unpaired) electrons. The molecule has 0 amide bonds. The van der Waals surface area contributed by atoms with Crippen molar-refractivity contribution in [1.82, 2.24) is 0 Å². The van der Waals surface area contributed by atoms with Gasteiger partial charge in [-0.25, -0.2) is 0 Å². The van der Waals surface area contributed by atoms with Gasteiger partial charge in [0.1, 0.15) is 12.4 Å². The van der Waals surface area contributed by atoms with Crippen molar-refractivity contribution in [1.29, 1.82) is 5.26 Å². The molecule has 2 heteroatoms. The van der Waals surface area contributed by atoms with E-state index in [1.54, 1.807) is 0 Å². The summed E-state index contributed by atoms with van der Waals surface area (Å²) >= 11 is 0. The smallest absolute Gasteiger partial charge is 0.119 e. The topological polar surface area (TPSA) is 33.0 Å². The van der Waals surface area contributed by atoms with Crippen LogP contribution in [0.4, 0.5) is 0 Å². The monoisotopic (exact) mass is 325 g/mol. The first-order valence-corrected chi connectivity index (χ1v) is 8.20. The third-order valence-electron chi connectivity index (χ3n) is 3.92. The molecule has 2 nitrogen and oxygen atoms in total. The summed E-state index contributed by atoms with van der Waals surface area (Å²) in [6.07, 6.45) is 1.89. The molecule has 122 valence electrons. The van der Waals surface area contributed by atoms with Gasteiger partial charge in [0.05, 0.1) is 11.6 Å². The van der Waals surface area contributed by atoms with E-state index in [0.29, 0.717) is 12.2 Å². The van der Waals surface area contributed by atoms with E-state index in [0.717, 1.165) is 22.4 Å². The fourth-order valence-electron chi connectivity index (χ4n) is 2.48. The molecule has 0 fully saturated rings. The first-order chi connectivity index (χ1) is 12.2. The van der Waals surface area contributed by atoms with Gasteiger partial charge in [0.15, 0.2) is 0 Å². The number of hydrogen-bond donors (Lipinski definition) is 0. The van der Waals surface area contributed by atoms with E-state index in [1.807, 2.05) is 60.7 Å². The second-order valence-corrected chi connectivity index (χ2v) is 5.88. The van der Waals surface area contributed by atoms with Crippen molar-refractivity contribution in [3.8, 4) is 11.8 Å². The first kappa shape index (κ1) is 16.5. The fraction of sp³-hybridized carbons (Fsp3) is 0.0870. The Morgan fingerprint density at radius 3 is 2.24 bits per heavy atom. The van der Waals surface area contributed by atoms with Crippen molar-refractivity contribution in [3.63, 3.8) is 0 Å². The maximum Gasteiger partial charge on any atom is 0.119 e. The second kappa shape index (κ2) is 7.99. The van der Waals surface area contributed by atoms with Crippen LogP contribution < -0.4 is 4.74 Å². The molecular weight excluding hydrogens is 306 g/mol. The summed E-state index contributed by atoms with van der Waals surface area (Å²) in [6, 6.07) is 28.1. The summed E-state index contributed by atoms with van der Waals surface area (Å²) in [6.45, 7) is 2.62. The summed E-state index contributed by atoms with van der Waals surface area (Å²) in [5.74, 6) is 0.816. The van der Waals surface area contributed by atoms with E-state index in [9.17, 15) is 5.26 Å². The molecule has 3 aromatic rings. The minimum absolute atomic E-state index is 0.545. The molecule has 3 rings (SSSR count). The minimum Gasteiger partial charge on any atom is -0.489 e. The summed E-state index contributed by atoms with van der Waals surface area (Å²) < 4.78 is 5.82. The number of rotatable bonds is 5. The molecule has 0 heterocycles. The average molecular weight is 325 g/mol. The summed E-state index contributed by atoms with van der Waals surface area (Å²) in [5.41, 5.74) is 4.93. The molecule has 0 aliphatic heterocycles. The molecule has 0 spiro atoms. The summed E-state index contributed by atoms with van der Waals surface area (Å²) in [7, 11) is 0. The molecule has 0 aliphatic rings. The van der Waals surface area contributed by atoms with Crippen molar-refractivity contribution in [2.24, 2.45) is 0 Å². The highest BCUT2D eigenvalue weighted by molar-refractivity contribution is 5.89. The molecule has 3 aromatic carbocycles. The molecule has 0 saturated heterocycles. The second-order valence-electron chi connectivity index (χ2n) is 5.88. The molecular formula is C23H19NO. The number of allylic oxidation sites excluding steroid dienone is 1. The summed E-state index contributed by atoms with van der Waals surface area (Å²) in [5, 5.41) is 9.38. The molecule has 0 N–H and O–H groups in total. The van der Waals surface area contributed by atoms with Crippen molar-refractivity contribution in [2.75, 3.05) is 0 Å². The molecule has 0 aliphatic carbocycles. The Balaban J connectivity index is 1.68. The highest BCUT2D eigenvalue weighted by Crippen LogP contribution is 2.20. The van der Waals surface area contributed by atoms with Gasteiger partial charge in [0, 0.05) is 0 Å². The molecule has 0 atom stereocenters. The Morgan fingerprint density at radius 1 is 0.920 bits per heavy atom. The van der Waals surface area contributed by atoms with E-state index in [2.05, 4.69) is 37.3 Å². The number of hydrogen-bond acceptors (Lipinski definition) is 2. The lowest BCUT2D eigenvalue weighted by Crippen LogP contribution is -1.95. The molecule has 0 bridgehead atoms. The Labute approximate surface area is 148 Å². The van der Waals surface area contributed by atoms with Crippen LogP contribution in [0, 0.1) is 18.3 Å². The Kier molecular flexibility index (Phi) is 5.29. The quantitative estimate of drug-likeness (QED) is 0.449. The Morgan fingerprint density at radius 2 is 1.60 bits per heavy atom. The van der Waals surface area contributed by atoms with Crippen molar-refractivity contribution < 1.29 is 4.74 Å². The highest BCUT2D eigenvalue weighted by atomic mass is 16.5. The van der Waals surface area contributed by atoms with Crippen LogP contribution in [0.2, 0.25) is 0 Å². The number of benzene rings is 3. The largest absolute Gasteiger partial charge is 0.489 e. The van der Waals surface area contributed by atoms with Gasteiger partial charge >= 0.3 is 0 Å². The minimum atomic E-state index is 0.545. The van der Waals surface area contributed by atoms with Gasteiger partial charge < -0.3 is 4.74 Å². The molecule has 0 aromatic heterocycles. The SMILES string of the molecule is Cc1ccc(COc2ccc(/C=C(/C#N)c3ccccc3)cc2)cc1. The van der Waals surface area contributed by atoms with E-state index >= 15 is 0 Å². The van der Waals surface area contributed by atoms with Crippen LogP contribution in [0.25, 0.3) is 11.6 Å². The summed E-state index contributed by atoms with van der Waals surface area (Å²) in [4.78, 5) is 0. The maximum atomic E-state index is 9.38. The Hall–Kier alpha value is -3.31. The maximum absolute atomic E-state index is 9.38. The van der Waals surface area contributed by atoms with Gasteiger partial charge in [-0.1, -0.05) is 72.3 Å². The standard InChI is InChI=1S/C23H19NO/c1-18-7-9-20(10-8-18)17-25-23-13-11-19(12-14-23)15-22(16-24)21-5-3-2-4-6-21/h2-15H,17H2,1H3/b22-15-. The molecule has 0 saturated carbocycles. The third-order valence-corrected chi connectivity index (χ3v) is 3.92. The lowest BCUT2D eigenvalue weighted by molar-refractivity contribution is 0.306. The van der Waals surface area contributed by atoms with Crippen LogP contribution >= 0.6 is 0 Å². The van der Waals surface area contributed by atoms with Crippen LogP contribution in [-0.2, 0) is 6.61 Å². The van der Waals surface area contributed by atoms with Gasteiger partial charge in [-0.3, -0.25) is 0 Å². The van der Waals surface area contributed by atoms with Gasteiger partial charge in [0.25, 0.3) is 0 Å². The van der Waals surface area contributed by atoms with Crippen LogP contribution in [0.3, 0.4) is 0 Å². The number of nitrogens with zero attached hydrogens (tertiary/aromatic N) is 1.